The van der Waals surface area contributed by atoms with E-state index in [9.17, 15) is 28.8 Å². The number of hydrogen-bond donors (Lipinski definition) is 6. The van der Waals surface area contributed by atoms with Gasteiger partial charge in [-0.25, -0.2) is 9.36 Å². The lowest BCUT2D eigenvalue weighted by molar-refractivity contribution is -0.120. The van der Waals surface area contributed by atoms with E-state index in [1.54, 1.807) is 26.0 Å². The number of allylic oxidation sites excluding steroid dienone is 4. The Morgan fingerprint density at radius 2 is 1.78 bits per heavy atom. The molecule has 0 aromatic rings. The predicted molar refractivity (Wildman–Crippen MR) is 182 cm³/mol. The molecule has 0 fully saturated rings. The number of Topliss-reactive ketones (excluding diaryl/α,β-unsaturated/α-hetero) is 1. The molecule has 276 valence electrons. The van der Waals surface area contributed by atoms with Crippen molar-refractivity contribution in [2.24, 2.45) is 17.6 Å². The molecule has 0 aromatic heterocycles. The molecule has 0 saturated heterocycles. The summed E-state index contributed by atoms with van der Waals surface area (Å²) >= 11 is 0. The van der Waals surface area contributed by atoms with E-state index in [1.165, 1.54) is 33.3 Å². The third-order valence-electron chi connectivity index (χ3n) is 7.68. The molecule has 2 rings (SSSR count). The monoisotopic (exact) mass is 713 g/mol. The van der Waals surface area contributed by atoms with Crippen LogP contribution in [0.25, 0.3) is 0 Å². The lowest BCUT2D eigenvalue weighted by Gasteiger charge is -2.30. The fourth-order valence-corrected chi connectivity index (χ4v) is 5.61. The first-order valence-corrected chi connectivity index (χ1v) is 17.5. The summed E-state index contributed by atoms with van der Waals surface area (Å²) in [4.78, 5) is 69.5. The van der Waals surface area contributed by atoms with Crippen LogP contribution in [0.2, 0.25) is 0 Å². The van der Waals surface area contributed by atoms with Crippen LogP contribution in [0, 0.1) is 11.8 Å². The van der Waals surface area contributed by atoms with E-state index in [0.717, 1.165) is 6.08 Å². The van der Waals surface area contributed by atoms with Gasteiger partial charge >= 0.3 is 13.9 Å². The number of nitrogens with two attached hydrogens (primary N) is 1. The highest BCUT2D eigenvalue weighted by Crippen LogP contribution is 2.35. The van der Waals surface area contributed by atoms with Gasteiger partial charge in [0.1, 0.15) is 6.10 Å². The first kappa shape index (κ1) is 43.6. The van der Waals surface area contributed by atoms with Crippen LogP contribution in [0.4, 0.5) is 4.79 Å². The zero-order valence-electron chi connectivity index (χ0n) is 29.4. The molecule has 15 nitrogen and oxygen atoms in total. The Morgan fingerprint density at radius 3 is 2.35 bits per heavy atom. The lowest BCUT2D eigenvalue weighted by Crippen LogP contribution is -2.38. The van der Waals surface area contributed by atoms with Crippen molar-refractivity contribution < 1.29 is 57.4 Å². The Kier molecular flexibility index (Phi) is 18.6. The number of carbonyl (C=O) groups excluding carboxylic acids is 4. The summed E-state index contributed by atoms with van der Waals surface area (Å²) in [6.07, 6.45) is 3.14. The van der Waals surface area contributed by atoms with Gasteiger partial charge < -0.3 is 45.5 Å². The van der Waals surface area contributed by atoms with Crippen LogP contribution in [0.15, 0.2) is 58.5 Å². The maximum atomic E-state index is 13.7. The topological polar surface area (TPSA) is 233 Å². The van der Waals surface area contributed by atoms with Crippen molar-refractivity contribution in [2.75, 3.05) is 27.4 Å². The normalized spacial score (nSPS) is 28.9. The van der Waals surface area contributed by atoms with E-state index in [2.05, 4.69) is 15.2 Å². The second-order valence-corrected chi connectivity index (χ2v) is 12.8. The first-order valence-electron chi connectivity index (χ1n) is 16.0. The number of primary amides is 1. The molecule has 0 aromatic carbocycles. The van der Waals surface area contributed by atoms with Crippen molar-refractivity contribution in [3.8, 4) is 0 Å². The average molecular weight is 714 g/mol. The zero-order chi connectivity index (χ0) is 37.5. The SMILES string of the molecule is CC.COC1/C=C\C=C(/C)C(=O)NC2=CC(=O)C(NCCCOP(=O)(O)O)=C(CC(C)CC(OC)C(O)C(C)/C=C(\C)C1OC(N)=O)C2=O. The van der Waals surface area contributed by atoms with Crippen LogP contribution in [0.5, 0.6) is 0 Å². The molecule has 1 aliphatic heterocycles. The Labute approximate surface area is 287 Å². The van der Waals surface area contributed by atoms with Crippen molar-refractivity contribution in [3.63, 3.8) is 0 Å². The molecule has 6 unspecified atom stereocenters. The number of ether oxygens (including phenoxy) is 3. The number of amides is 2. The third-order valence-corrected chi connectivity index (χ3v) is 8.19. The Balaban J connectivity index is 0.00000589. The zero-order valence-corrected chi connectivity index (χ0v) is 30.3. The quantitative estimate of drug-likeness (QED) is 0.0874. The van der Waals surface area contributed by atoms with Crippen LogP contribution in [0.1, 0.15) is 60.8 Å². The summed E-state index contributed by atoms with van der Waals surface area (Å²) in [5.74, 6) is -2.64. The van der Waals surface area contributed by atoms with Crippen LogP contribution < -0.4 is 16.4 Å². The van der Waals surface area contributed by atoms with Crippen molar-refractivity contribution in [3.05, 3.63) is 58.5 Å². The molecule has 2 bridgehead atoms. The molecule has 0 spiro atoms. The molecular formula is C33H52N3O12P. The molecule has 0 radical (unpaired) electrons. The third kappa shape index (κ3) is 14.1. The summed E-state index contributed by atoms with van der Waals surface area (Å²) in [5, 5.41) is 16.7. The highest BCUT2D eigenvalue weighted by atomic mass is 31.2. The Bertz CT molecular complexity index is 1380. The number of hydrogen-bond acceptors (Lipinski definition) is 11. The number of phosphoric acid groups is 1. The highest BCUT2D eigenvalue weighted by Gasteiger charge is 2.33. The predicted octanol–water partition coefficient (Wildman–Crippen LogP) is 2.88. The Morgan fingerprint density at radius 1 is 1.12 bits per heavy atom. The molecule has 7 N–H and O–H groups in total. The number of phosphoric ester groups is 1. The molecule has 49 heavy (non-hydrogen) atoms. The minimum atomic E-state index is -4.67. The van der Waals surface area contributed by atoms with Gasteiger partial charge in [0.2, 0.25) is 11.6 Å². The van der Waals surface area contributed by atoms with Gasteiger partial charge in [0.25, 0.3) is 5.91 Å². The molecule has 2 amide bonds. The number of aliphatic hydroxyl groups is 1. The van der Waals surface area contributed by atoms with Crippen LogP contribution >= 0.6 is 7.82 Å². The minimum absolute atomic E-state index is 0.00957. The maximum Gasteiger partial charge on any atom is 0.469 e. The van der Waals surface area contributed by atoms with Crippen molar-refractivity contribution in [1.29, 1.82) is 0 Å². The van der Waals surface area contributed by atoms with Gasteiger partial charge in [-0.2, -0.15) is 0 Å². The molecule has 1 heterocycles. The fourth-order valence-electron chi connectivity index (χ4n) is 5.25. The number of methoxy groups -OCH3 is 2. The van der Waals surface area contributed by atoms with Gasteiger partial charge in [-0.1, -0.05) is 52.0 Å². The van der Waals surface area contributed by atoms with E-state index in [-0.39, 0.29) is 60.9 Å². The van der Waals surface area contributed by atoms with Crippen LogP contribution in [0.3, 0.4) is 0 Å². The largest absolute Gasteiger partial charge is 0.469 e. The van der Waals surface area contributed by atoms with Gasteiger partial charge in [0.15, 0.2) is 6.10 Å². The van der Waals surface area contributed by atoms with E-state index in [0.29, 0.717) is 5.57 Å². The van der Waals surface area contributed by atoms with Gasteiger partial charge in [0, 0.05) is 43.9 Å². The number of nitrogens with one attached hydrogen (secondary N) is 2. The molecule has 2 aliphatic rings. The Hall–Kier alpha value is -3.43. The second kappa shape index (κ2) is 20.9. The molecule has 16 heteroatoms. The van der Waals surface area contributed by atoms with Gasteiger partial charge in [-0.05, 0) is 44.6 Å². The summed E-state index contributed by atoms with van der Waals surface area (Å²) in [6.45, 7) is 10.5. The number of ketones is 2. The minimum Gasteiger partial charge on any atom is -0.439 e. The van der Waals surface area contributed by atoms with Crippen molar-refractivity contribution in [2.45, 2.75) is 85.2 Å². The van der Waals surface area contributed by atoms with E-state index < -0.39 is 61.7 Å². The van der Waals surface area contributed by atoms with Crippen molar-refractivity contribution >= 4 is 31.4 Å². The standard InChI is InChI=1S/C31H46N3O12P.C2H6/c1-17-13-21-26(33-11-8-12-45-47(40,41)42)23(35)16-22(28(21)37)34-30(38)18(2)9-7-10-24(43-5)29(46-31(32)39)20(4)15-19(3)27(36)25(14-17)44-6;1-2/h7,9-10,15-17,19,24-25,27,29,33,36H,8,11-14H2,1-6H3,(H2,32,39)(H,34,38)(H2,40,41,42);1-2H3/b10-7-,18-9+,20-15+;. The number of carbonyl (C=O) groups is 4. The van der Waals surface area contributed by atoms with Gasteiger partial charge in [0.05, 0.1) is 30.2 Å². The molecular weight excluding hydrogens is 661 g/mol. The number of fused-ring (bicyclic) bond motifs is 2. The fraction of sp³-hybridized carbons (Fsp3) is 0.576. The van der Waals surface area contributed by atoms with Gasteiger partial charge in [-0.15, -0.1) is 0 Å². The molecule has 6 atom stereocenters. The van der Waals surface area contributed by atoms with E-state index >= 15 is 0 Å². The lowest BCUT2D eigenvalue weighted by atomic mass is 9.85. The summed E-state index contributed by atoms with van der Waals surface area (Å²) < 4.78 is 31.9. The average Bonchev–Trinajstić information content (AvgIpc) is 3.03. The maximum absolute atomic E-state index is 13.7. The smallest absolute Gasteiger partial charge is 0.439 e. The molecule has 1 aliphatic carbocycles. The van der Waals surface area contributed by atoms with Crippen LogP contribution in [-0.4, -0.2) is 90.2 Å². The van der Waals surface area contributed by atoms with Crippen LogP contribution in [-0.2, 0) is 37.7 Å². The highest BCUT2D eigenvalue weighted by molar-refractivity contribution is 7.46. The summed E-state index contributed by atoms with van der Waals surface area (Å²) in [5.41, 5.74) is 5.92. The first-order chi connectivity index (χ1) is 23.0. The summed E-state index contributed by atoms with van der Waals surface area (Å²) in [6, 6.07) is 0. The summed E-state index contributed by atoms with van der Waals surface area (Å²) in [7, 11) is -1.82. The van der Waals surface area contributed by atoms with Crippen molar-refractivity contribution in [1.82, 2.24) is 10.6 Å². The van der Waals surface area contributed by atoms with E-state index in [4.69, 9.17) is 29.7 Å². The number of aliphatic hydroxyl groups excluding tert-OH is 1. The number of rotatable bonds is 9. The second-order valence-electron chi connectivity index (χ2n) is 11.5. The van der Waals surface area contributed by atoms with E-state index in [1.807, 2.05) is 20.8 Å². The van der Waals surface area contributed by atoms with Gasteiger partial charge in [-0.3, -0.25) is 18.9 Å². The molecule has 0 saturated carbocycles.